The summed E-state index contributed by atoms with van der Waals surface area (Å²) in [6.07, 6.45) is 0. The third-order valence-corrected chi connectivity index (χ3v) is 4.54. The second-order valence-corrected chi connectivity index (χ2v) is 5.83. The molecule has 3 nitrogen and oxygen atoms in total. The molecule has 0 aliphatic rings. The van der Waals surface area contributed by atoms with Crippen LogP contribution in [0, 0.1) is 13.8 Å². The Morgan fingerprint density at radius 1 is 1.15 bits per heavy atom. The lowest BCUT2D eigenvalue weighted by Gasteiger charge is -2.04. The molecule has 0 saturated carbocycles. The maximum absolute atomic E-state index is 11.5. The number of aryl methyl sites for hydroxylation is 2. The Balaban J connectivity index is 2.19. The van der Waals surface area contributed by atoms with Gasteiger partial charge in [0.2, 0.25) is 0 Å². The highest BCUT2D eigenvalue weighted by Crippen LogP contribution is 2.29. The number of Topliss-reactive ketones (excluding diaryl/α,β-unsaturated/α-hetero) is 1. The summed E-state index contributed by atoms with van der Waals surface area (Å²) in [5.74, 6) is 0.0590. The molecule has 3 rings (SSSR count). The van der Waals surface area contributed by atoms with E-state index in [-0.39, 0.29) is 5.78 Å². The van der Waals surface area contributed by atoms with Gasteiger partial charge in [0, 0.05) is 12.3 Å². The van der Waals surface area contributed by atoms with E-state index in [0.717, 1.165) is 27.3 Å². The first-order valence-corrected chi connectivity index (χ1v) is 7.23. The second kappa shape index (κ2) is 4.80. The van der Waals surface area contributed by atoms with Gasteiger partial charge in [-0.25, -0.2) is 9.97 Å². The fourth-order valence-corrected chi connectivity index (χ4v) is 3.21. The first kappa shape index (κ1) is 12.9. The molecule has 0 spiro atoms. The number of fused-ring (bicyclic) bond motifs is 1. The van der Waals surface area contributed by atoms with E-state index in [1.807, 2.05) is 31.2 Å². The molecule has 1 aromatic carbocycles. The Morgan fingerprint density at radius 3 is 2.60 bits per heavy atom. The van der Waals surface area contributed by atoms with Gasteiger partial charge in [-0.2, -0.15) is 0 Å². The fourth-order valence-electron chi connectivity index (χ4n) is 2.29. The zero-order valence-corrected chi connectivity index (χ0v) is 12.4. The largest absolute Gasteiger partial charge is 0.294 e. The minimum Gasteiger partial charge on any atom is -0.294 e. The number of para-hydroxylation sites is 1. The molecule has 0 radical (unpaired) electrons. The van der Waals surface area contributed by atoms with Crippen molar-refractivity contribution in [2.75, 3.05) is 0 Å². The van der Waals surface area contributed by atoms with E-state index in [4.69, 9.17) is 0 Å². The zero-order valence-electron chi connectivity index (χ0n) is 11.6. The van der Waals surface area contributed by atoms with Crippen LogP contribution in [0.4, 0.5) is 0 Å². The van der Waals surface area contributed by atoms with Gasteiger partial charge in [-0.05, 0) is 31.5 Å². The van der Waals surface area contributed by atoms with Crippen LogP contribution in [0.2, 0.25) is 0 Å². The van der Waals surface area contributed by atoms with Crippen LogP contribution in [0.1, 0.15) is 27.9 Å². The van der Waals surface area contributed by atoms with Gasteiger partial charge >= 0.3 is 0 Å². The molecular formula is C16H14N2OS. The standard InChI is InChI=1S/C16H14N2OS/c1-9-8-14(18-13-7-5-4-6-12(9)13)16-17-10(2)15(20-16)11(3)19/h4-8H,1-3H3. The van der Waals surface area contributed by atoms with Gasteiger partial charge in [0.1, 0.15) is 5.01 Å². The van der Waals surface area contributed by atoms with E-state index in [0.29, 0.717) is 4.88 Å². The van der Waals surface area contributed by atoms with Gasteiger partial charge in [-0.1, -0.05) is 18.2 Å². The molecule has 0 bridgehead atoms. The Labute approximate surface area is 121 Å². The van der Waals surface area contributed by atoms with Crippen LogP contribution in [-0.2, 0) is 0 Å². The summed E-state index contributed by atoms with van der Waals surface area (Å²) in [4.78, 5) is 21.4. The summed E-state index contributed by atoms with van der Waals surface area (Å²) in [6.45, 7) is 5.51. The molecule has 20 heavy (non-hydrogen) atoms. The predicted molar refractivity (Wildman–Crippen MR) is 82.3 cm³/mol. The molecule has 0 unspecified atom stereocenters. The number of carbonyl (C=O) groups excluding carboxylic acids is 1. The quantitative estimate of drug-likeness (QED) is 0.662. The van der Waals surface area contributed by atoms with Crippen LogP contribution in [0.5, 0.6) is 0 Å². The van der Waals surface area contributed by atoms with Crippen LogP contribution in [0.3, 0.4) is 0 Å². The minimum absolute atomic E-state index is 0.0590. The SMILES string of the molecule is CC(=O)c1sc(-c2cc(C)c3ccccc3n2)nc1C. The number of hydrogen-bond acceptors (Lipinski definition) is 4. The smallest absolute Gasteiger partial charge is 0.171 e. The van der Waals surface area contributed by atoms with Crippen molar-refractivity contribution in [3.63, 3.8) is 0 Å². The van der Waals surface area contributed by atoms with Crippen LogP contribution in [-0.4, -0.2) is 15.8 Å². The third-order valence-electron chi connectivity index (χ3n) is 3.26. The van der Waals surface area contributed by atoms with Crippen LogP contribution in [0.15, 0.2) is 30.3 Å². The molecule has 100 valence electrons. The monoisotopic (exact) mass is 282 g/mol. The number of pyridine rings is 1. The van der Waals surface area contributed by atoms with Gasteiger partial charge in [-0.3, -0.25) is 4.79 Å². The molecule has 0 aliphatic heterocycles. The molecule has 0 amide bonds. The van der Waals surface area contributed by atoms with Gasteiger partial charge in [-0.15, -0.1) is 11.3 Å². The molecule has 2 heterocycles. The van der Waals surface area contributed by atoms with E-state index < -0.39 is 0 Å². The predicted octanol–water partition coefficient (Wildman–Crippen LogP) is 4.18. The number of carbonyl (C=O) groups is 1. The lowest BCUT2D eigenvalue weighted by Crippen LogP contribution is -1.89. The highest BCUT2D eigenvalue weighted by atomic mass is 32.1. The first-order valence-electron chi connectivity index (χ1n) is 6.41. The average molecular weight is 282 g/mol. The van der Waals surface area contributed by atoms with Crippen LogP contribution < -0.4 is 0 Å². The van der Waals surface area contributed by atoms with Gasteiger partial charge in [0.15, 0.2) is 5.78 Å². The highest BCUT2D eigenvalue weighted by molar-refractivity contribution is 7.17. The number of benzene rings is 1. The van der Waals surface area contributed by atoms with E-state index >= 15 is 0 Å². The highest BCUT2D eigenvalue weighted by Gasteiger charge is 2.14. The molecule has 0 saturated heterocycles. The molecule has 0 aliphatic carbocycles. The fraction of sp³-hybridized carbons (Fsp3) is 0.188. The Bertz CT molecular complexity index is 820. The summed E-state index contributed by atoms with van der Waals surface area (Å²) in [6, 6.07) is 10.1. The lowest BCUT2D eigenvalue weighted by molar-refractivity contribution is 0.102. The van der Waals surface area contributed by atoms with Crippen molar-refractivity contribution in [2.24, 2.45) is 0 Å². The number of hydrogen-bond donors (Lipinski definition) is 0. The van der Waals surface area contributed by atoms with Gasteiger partial charge in [0.05, 0.1) is 21.8 Å². The normalized spacial score (nSPS) is 10.9. The van der Waals surface area contributed by atoms with Crippen molar-refractivity contribution in [3.8, 4) is 10.7 Å². The summed E-state index contributed by atoms with van der Waals surface area (Å²) >= 11 is 1.41. The summed E-state index contributed by atoms with van der Waals surface area (Å²) in [7, 11) is 0. The average Bonchev–Trinajstić information content (AvgIpc) is 2.81. The second-order valence-electron chi connectivity index (χ2n) is 4.83. The number of ketones is 1. The van der Waals surface area contributed by atoms with Crippen molar-refractivity contribution in [3.05, 3.63) is 46.5 Å². The Kier molecular flexibility index (Phi) is 3.10. The number of nitrogens with zero attached hydrogens (tertiary/aromatic N) is 2. The van der Waals surface area contributed by atoms with Crippen LogP contribution >= 0.6 is 11.3 Å². The number of thiazole rings is 1. The van der Waals surface area contributed by atoms with Crippen molar-refractivity contribution in [2.45, 2.75) is 20.8 Å². The Hall–Kier alpha value is -2.07. The number of aromatic nitrogens is 2. The summed E-state index contributed by atoms with van der Waals surface area (Å²) in [5.41, 5.74) is 3.74. The number of rotatable bonds is 2. The topological polar surface area (TPSA) is 42.9 Å². The molecule has 0 fully saturated rings. The maximum atomic E-state index is 11.5. The van der Waals surface area contributed by atoms with Crippen molar-refractivity contribution in [1.29, 1.82) is 0 Å². The first-order chi connectivity index (χ1) is 9.56. The zero-order chi connectivity index (χ0) is 14.3. The lowest BCUT2D eigenvalue weighted by atomic mass is 10.1. The van der Waals surface area contributed by atoms with Crippen molar-refractivity contribution in [1.82, 2.24) is 9.97 Å². The van der Waals surface area contributed by atoms with Crippen molar-refractivity contribution >= 4 is 28.0 Å². The van der Waals surface area contributed by atoms with Gasteiger partial charge in [0.25, 0.3) is 0 Å². The van der Waals surface area contributed by atoms with E-state index in [1.165, 1.54) is 16.9 Å². The van der Waals surface area contributed by atoms with Crippen molar-refractivity contribution < 1.29 is 4.79 Å². The molecule has 2 aromatic heterocycles. The molecule has 0 N–H and O–H groups in total. The summed E-state index contributed by atoms with van der Waals surface area (Å²) < 4.78 is 0. The third kappa shape index (κ3) is 2.12. The molecule has 3 aromatic rings. The Morgan fingerprint density at radius 2 is 1.90 bits per heavy atom. The molecule has 4 heteroatoms. The van der Waals surface area contributed by atoms with E-state index in [1.54, 1.807) is 6.92 Å². The molecule has 0 atom stereocenters. The van der Waals surface area contributed by atoms with E-state index in [2.05, 4.69) is 23.0 Å². The van der Waals surface area contributed by atoms with E-state index in [9.17, 15) is 4.79 Å². The minimum atomic E-state index is 0.0590. The maximum Gasteiger partial charge on any atom is 0.171 e. The summed E-state index contributed by atoms with van der Waals surface area (Å²) in [5, 5.41) is 1.96. The molecular weight excluding hydrogens is 268 g/mol. The van der Waals surface area contributed by atoms with Gasteiger partial charge < -0.3 is 0 Å². The van der Waals surface area contributed by atoms with Crippen LogP contribution in [0.25, 0.3) is 21.6 Å².